The molecule has 0 aliphatic rings. The second kappa shape index (κ2) is 5.72. The zero-order valence-corrected chi connectivity index (χ0v) is 9.91. The van der Waals surface area contributed by atoms with Gasteiger partial charge in [-0.15, -0.1) is 0 Å². The summed E-state index contributed by atoms with van der Waals surface area (Å²) in [4.78, 5) is 11.3. The van der Waals surface area contributed by atoms with Crippen molar-refractivity contribution >= 4 is 27.6 Å². The molecule has 5 heteroatoms. The Balaban J connectivity index is 2.48. The molecule has 1 atom stereocenters. The standard InChI is InChI=1S/C10H13BrN2O2/c1-7(6-14)12-10(15)13-9-4-2-8(11)3-5-9/h2-5,7,14H,6H2,1H3,(H2,12,13,15)/t7-/m1/s1. The van der Waals surface area contributed by atoms with Gasteiger partial charge in [0.1, 0.15) is 0 Å². The van der Waals surface area contributed by atoms with Crippen molar-refractivity contribution < 1.29 is 9.90 Å². The van der Waals surface area contributed by atoms with Crippen molar-refractivity contribution in [1.29, 1.82) is 0 Å². The molecule has 0 aliphatic heterocycles. The summed E-state index contributed by atoms with van der Waals surface area (Å²) in [5.41, 5.74) is 0.709. The summed E-state index contributed by atoms with van der Waals surface area (Å²) in [6, 6.07) is 6.68. The lowest BCUT2D eigenvalue weighted by molar-refractivity contribution is 0.229. The largest absolute Gasteiger partial charge is 0.394 e. The number of benzene rings is 1. The van der Waals surface area contributed by atoms with Crippen molar-refractivity contribution in [2.45, 2.75) is 13.0 Å². The molecule has 0 aliphatic carbocycles. The minimum atomic E-state index is -0.320. The Kier molecular flexibility index (Phi) is 4.58. The maximum Gasteiger partial charge on any atom is 0.319 e. The third-order valence-corrected chi connectivity index (χ3v) is 2.28. The van der Waals surface area contributed by atoms with E-state index in [-0.39, 0.29) is 18.7 Å². The first-order chi connectivity index (χ1) is 7.11. The van der Waals surface area contributed by atoms with Gasteiger partial charge in [-0.05, 0) is 31.2 Å². The lowest BCUT2D eigenvalue weighted by atomic mass is 10.3. The molecular formula is C10H13BrN2O2. The third kappa shape index (κ3) is 4.31. The number of halogens is 1. The van der Waals surface area contributed by atoms with Crippen LogP contribution in [0.1, 0.15) is 6.92 Å². The van der Waals surface area contributed by atoms with Crippen molar-refractivity contribution in [1.82, 2.24) is 5.32 Å². The molecule has 1 aromatic carbocycles. The zero-order chi connectivity index (χ0) is 11.3. The molecule has 0 aromatic heterocycles. The van der Waals surface area contributed by atoms with Gasteiger partial charge in [0.05, 0.1) is 12.6 Å². The Hall–Kier alpha value is -1.07. The fraction of sp³-hybridized carbons (Fsp3) is 0.300. The molecule has 0 unspecified atom stereocenters. The zero-order valence-electron chi connectivity index (χ0n) is 8.33. The number of aliphatic hydroxyl groups is 1. The van der Waals surface area contributed by atoms with Crippen LogP contribution in [-0.4, -0.2) is 23.8 Å². The maximum absolute atomic E-state index is 11.3. The van der Waals surface area contributed by atoms with Gasteiger partial charge in [-0.1, -0.05) is 15.9 Å². The number of carbonyl (C=O) groups is 1. The Morgan fingerprint density at radius 1 is 1.47 bits per heavy atom. The molecule has 0 fully saturated rings. The fourth-order valence-corrected chi connectivity index (χ4v) is 1.23. The number of urea groups is 1. The number of carbonyl (C=O) groups excluding carboxylic acids is 1. The van der Waals surface area contributed by atoms with Crippen LogP contribution in [0.5, 0.6) is 0 Å². The molecule has 0 bridgehead atoms. The molecule has 0 saturated heterocycles. The Morgan fingerprint density at radius 2 is 2.07 bits per heavy atom. The molecule has 2 amide bonds. The number of amides is 2. The van der Waals surface area contributed by atoms with Crippen LogP contribution >= 0.6 is 15.9 Å². The van der Waals surface area contributed by atoms with Crippen LogP contribution in [0.2, 0.25) is 0 Å². The highest BCUT2D eigenvalue weighted by atomic mass is 79.9. The summed E-state index contributed by atoms with van der Waals surface area (Å²) in [6.07, 6.45) is 0. The highest BCUT2D eigenvalue weighted by Gasteiger charge is 2.05. The summed E-state index contributed by atoms with van der Waals surface area (Å²) in [5, 5.41) is 14.0. The average molecular weight is 273 g/mol. The highest BCUT2D eigenvalue weighted by Crippen LogP contribution is 2.13. The molecule has 1 rings (SSSR count). The Morgan fingerprint density at radius 3 is 2.60 bits per heavy atom. The van der Waals surface area contributed by atoms with E-state index in [1.54, 1.807) is 19.1 Å². The van der Waals surface area contributed by atoms with Crippen LogP contribution in [0.15, 0.2) is 28.7 Å². The molecule has 1 aromatic rings. The van der Waals surface area contributed by atoms with Crippen molar-refractivity contribution in [2.75, 3.05) is 11.9 Å². The topological polar surface area (TPSA) is 61.4 Å². The Labute approximate surface area is 96.8 Å². The quantitative estimate of drug-likeness (QED) is 0.788. The molecule has 0 radical (unpaired) electrons. The van der Waals surface area contributed by atoms with Gasteiger partial charge in [0.2, 0.25) is 0 Å². The summed E-state index contributed by atoms with van der Waals surface area (Å²) in [7, 11) is 0. The second-order valence-corrected chi connectivity index (χ2v) is 4.10. The van der Waals surface area contributed by atoms with Crippen molar-refractivity contribution in [3.8, 4) is 0 Å². The van der Waals surface area contributed by atoms with Gasteiger partial charge in [0.25, 0.3) is 0 Å². The number of hydrogen-bond donors (Lipinski definition) is 3. The van der Waals surface area contributed by atoms with Crippen LogP contribution in [-0.2, 0) is 0 Å². The number of nitrogens with one attached hydrogen (secondary N) is 2. The van der Waals surface area contributed by atoms with E-state index in [4.69, 9.17) is 5.11 Å². The van der Waals surface area contributed by atoms with Crippen LogP contribution in [0.25, 0.3) is 0 Å². The van der Waals surface area contributed by atoms with E-state index in [0.29, 0.717) is 5.69 Å². The van der Waals surface area contributed by atoms with E-state index < -0.39 is 0 Å². The van der Waals surface area contributed by atoms with Crippen LogP contribution in [0, 0.1) is 0 Å². The predicted octanol–water partition coefficient (Wildman–Crippen LogP) is 1.95. The van der Waals surface area contributed by atoms with Gasteiger partial charge in [0, 0.05) is 10.2 Å². The normalized spacial score (nSPS) is 11.9. The first-order valence-electron chi connectivity index (χ1n) is 4.55. The van der Waals surface area contributed by atoms with Gasteiger partial charge in [-0.25, -0.2) is 4.79 Å². The first kappa shape index (κ1) is 12.0. The van der Waals surface area contributed by atoms with Crippen molar-refractivity contribution in [3.05, 3.63) is 28.7 Å². The monoisotopic (exact) mass is 272 g/mol. The van der Waals surface area contributed by atoms with Gasteiger partial charge in [-0.2, -0.15) is 0 Å². The predicted molar refractivity (Wildman–Crippen MR) is 62.8 cm³/mol. The maximum atomic E-state index is 11.3. The molecule has 82 valence electrons. The lowest BCUT2D eigenvalue weighted by Gasteiger charge is -2.11. The molecule has 4 nitrogen and oxygen atoms in total. The SMILES string of the molecule is C[C@H](CO)NC(=O)Nc1ccc(Br)cc1. The molecule has 3 N–H and O–H groups in total. The van der Waals surface area contributed by atoms with E-state index in [1.165, 1.54) is 0 Å². The fourth-order valence-electron chi connectivity index (χ4n) is 0.970. The van der Waals surface area contributed by atoms with Crippen molar-refractivity contribution in [2.24, 2.45) is 0 Å². The molecular weight excluding hydrogens is 260 g/mol. The molecule has 0 saturated carbocycles. The highest BCUT2D eigenvalue weighted by molar-refractivity contribution is 9.10. The number of aliphatic hydroxyl groups excluding tert-OH is 1. The summed E-state index contributed by atoms with van der Waals surface area (Å²) < 4.78 is 0.956. The van der Waals surface area contributed by atoms with Crippen LogP contribution in [0.4, 0.5) is 10.5 Å². The Bertz CT molecular complexity index is 327. The first-order valence-corrected chi connectivity index (χ1v) is 5.35. The smallest absolute Gasteiger partial charge is 0.319 e. The molecule has 0 heterocycles. The van der Waals surface area contributed by atoms with Gasteiger partial charge in [0.15, 0.2) is 0 Å². The van der Waals surface area contributed by atoms with E-state index in [1.807, 2.05) is 12.1 Å². The van der Waals surface area contributed by atoms with E-state index in [0.717, 1.165) is 4.47 Å². The third-order valence-electron chi connectivity index (χ3n) is 1.75. The van der Waals surface area contributed by atoms with E-state index in [2.05, 4.69) is 26.6 Å². The molecule has 0 spiro atoms. The lowest BCUT2D eigenvalue weighted by Crippen LogP contribution is -2.38. The van der Waals surface area contributed by atoms with Gasteiger partial charge in [-0.3, -0.25) is 0 Å². The van der Waals surface area contributed by atoms with Crippen molar-refractivity contribution in [3.63, 3.8) is 0 Å². The summed E-state index contributed by atoms with van der Waals surface area (Å²) in [5.74, 6) is 0. The van der Waals surface area contributed by atoms with Crippen LogP contribution in [0.3, 0.4) is 0 Å². The van der Waals surface area contributed by atoms with E-state index >= 15 is 0 Å². The number of hydrogen-bond acceptors (Lipinski definition) is 2. The van der Waals surface area contributed by atoms with Gasteiger partial charge < -0.3 is 15.7 Å². The second-order valence-electron chi connectivity index (χ2n) is 3.19. The number of rotatable bonds is 3. The minimum absolute atomic E-state index is 0.0756. The summed E-state index contributed by atoms with van der Waals surface area (Å²) in [6.45, 7) is 1.65. The van der Waals surface area contributed by atoms with E-state index in [9.17, 15) is 4.79 Å². The average Bonchev–Trinajstić information content (AvgIpc) is 2.21. The minimum Gasteiger partial charge on any atom is -0.394 e. The van der Waals surface area contributed by atoms with Gasteiger partial charge >= 0.3 is 6.03 Å². The van der Waals surface area contributed by atoms with Crippen LogP contribution < -0.4 is 10.6 Å². The summed E-state index contributed by atoms with van der Waals surface area (Å²) >= 11 is 3.30. The number of anilines is 1. The molecule has 15 heavy (non-hydrogen) atoms.